The lowest BCUT2D eigenvalue weighted by Crippen LogP contribution is -2.38. The number of aromatic nitrogens is 1. The Morgan fingerprint density at radius 1 is 1.59 bits per heavy atom. The molecule has 0 fully saturated rings. The lowest BCUT2D eigenvalue weighted by molar-refractivity contribution is 0.275. The van der Waals surface area contributed by atoms with E-state index in [1.807, 2.05) is 0 Å². The molecule has 0 aliphatic rings. The van der Waals surface area contributed by atoms with Gasteiger partial charge in [-0.25, -0.2) is 4.98 Å². The predicted molar refractivity (Wildman–Crippen MR) is 61.3 cm³/mol. The summed E-state index contributed by atoms with van der Waals surface area (Å²) in [5.41, 5.74) is 0. The van der Waals surface area contributed by atoms with Crippen molar-refractivity contribution in [2.75, 3.05) is 20.2 Å². The van der Waals surface area contributed by atoms with E-state index in [4.69, 9.17) is 9.52 Å². The molecule has 7 nitrogen and oxygen atoms in total. The number of nitrogens with one attached hydrogen (secondary N) is 1. The zero-order chi connectivity index (χ0) is 12.9. The first-order valence-corrected chi connectivity index (χ1v) is 6.63. The van der Waals surface area contributed by atoms with Crippen molar-refractivity contribution in [3.8, 4) is 0 Å². The van der Waals surface area contributed by atoms with Gasteiger partial charge in [0.05, 0.1) is 12.7 Å². The first kappa shape index (κ1) is 14.1. The fourth-order valence-corrected chi connectivity index (χ4v) is 2.06. The summed E-state index contributed by atoms with van der Waals surface area (Å²) in [7, 11) is -2.11. The van der Waals surface area contributed by atoms with Crippen molar-refractivity contribution >= 4 is 10.2 Å². The SMILES string of the molecule is Cc1cnc(CNS(=O)(=O)N(C)CCCO)o1. The number of rotatable bonds is 7. The Kier molecular flexibility index (Phi) is 5.06. The van der Waals surface area contributed by atoms with Gasteiger partial charge in [-0.05, 0) is 13.3 Å². The van der Waals surface area contributed by atoms with Crippen LogP contribution in [0.3, 0.4) is 0 Å². The number of aliphatic hydroxyl groups excluding tert-OH is 1. The van der Waals surface area contributed by atoms with Crippen molar-refractivity contribution in [1.82, 2.24) is 14.0 Å². The maximum Gasteiger partial charge on any atom is 0.279 e. The molecule has 1 rings (SSSR count). The molecule has 17 heavy (non-hydrogen) atoms. The summed E-state index contributed by atoms with van der Waals surface area (Å²) in [5, 5.41) is 8.62. The molecule has 0 aliphatic heterocycles. The van der Waals surface area contributed by atoms with Crippen molar-refractivity contribution in [3.05, 3.63) is 17.8 Å². The number of oxazole rings is 1. The van der Waals surface area contributed by atoms with Crippen molar-refractivity contribution in [1.29, 1.82) is 0 Å². The van der Waals surface area contributed by atoms with Gasteiger partial charge >= 0.3 is 0 Å². The Morgan fingerprint density at radius 2 is 2.29 bits per heavy atom. The molecule has 0 bridgehead atoms. The van der Waals surface area contributed by atoms with E-state index in [1.54, 1.807) is 6.92 Å². The van der Waals surface area contributed by atoms with Crippen LogP contribution in [0.2, 0.25) is 0 Å². The molecular formula is C9H17N3O4S. The normalized spacial score (nSPS) is 12.2. The molecule has 1 heterocycles. The second-order valence-electron chi connectivity index (χ2n) is 3.59. The summed E-state index contributed by atoms with van der Waals surface area (Å²) in [6, 6.07) is 0. The largest absolute Gasteiger partial charge is 0.445 e. The minimum atomic E-state index is -3.55. The minimum absolute atomic E-state index is 0.0135. The molecule has 0 saturated heterocycles. The molecule has 8 heteroatoms. The fraction of sp³-hybridized carbons (Fsp3) is 0.667. The Bertz CT molecular complexity index is 443. The van der Waals surface area contributed by atoms with Gasteiger partial charge in [-0.3, -0.25) is 0 Å². The van der Waals surface area contributed by atoms with E-state index < -0.39 is 10.2 Å². The highest BCUT2D eigenvalue weighted by Crippen LogP contribution is 2.03. The molecule has 0 radical (unpaired) electrons. The molecule has 0 saturated carbocycles. The summed E-state index contributed by atoms with van der Waals surface area (Å²) in [4.78, 5) is 3.89. The highest BCUT2D eigenvalue weighted by molar-refractivity contribution is 7.87. The lowest BCUT2D eigenvalue weighted by Gasteiger charge is -2.16. The third kappa shape index (κ3) is 4.43. The summed E-state index contributed by atoms with van der Waals surface area (Å²) < 4.78 is 32.0. The molecule has 1 aromatic rings. The maximum atomic E-state index is 11.7. The first-order valence-electron chi connectivity index (χ1n) is 5.19. The van der Waals surface area contributed by atoms with Crippen LogP contribution in [-0.4, -0.2) is 43.0 Å². The number of nitrogens with zero attached hydrogens (tertiary/aromatic N) is 2. The van der Waals surface area contributed by atoms with Gasteiger partial charge in [0, 0.05) is 20.2 Å². The molecule has 1 aromatic heterocycles. The molecule has 98 valence electrons. The van der Waals surface area contributed by atoms with E-state index >= 15 is 0 Å². The van der Waals surface area contributed by atoms with Crippen LogP contribution in [0.15, 0.2) is 10.6 Å². The average molecular weight is 263 g/mol. The zero-order valence-corrected chi connectivity index (χ0v) is 10.7. The van der Waals surface area contributed by atoms with Gasteiger partial charge in [0.25, 0.3) is 10.2 Å². The standard InChI is InChI=1S/C9H17N3O4S/c1-8-6-10-9(16-8)7-11-17(14,15)12(2)4-3-5-13/h6,11,13H,3-5,7H2,1-2H3. The smallest absolute Gasteiger partial charge is 0.279 e. The summed E-state index contributed by atoms with van der Waals surface area (Å²) in [6.07, 6.45) is 1.93. The minimum Gasteiger partial charge on any atom is -0.445 e. The molecule has 0 aliphatic carbocycles. The van der Waals surface area contributed by atoms with Gasteiger partial charge in [0.2, 0.25) is 5.89 Å². The topological polar surface area (TPSA) is 95.7 Å². The van der Waals surface area contributed by atoms with E-state index in [1.165, 1.54) is 13.2 Å². The molecular weight excluding hydrogens is 246 g/mol. The van der Waals surface area contributed by atoms with E-state index in [9.17, 15) is 8.42 Å². The van der Waals surface area contributed by atoms with Crippen LogP contribution in [0.5, 0.6) is 0 Å². The quantitative estimate of drug-likeness (QED) is 0.700. The maximum absolute atomic E-state index is 11.7. The lowest BCUT2D eigenvalue weighted by atomic mass is 10.5. The molecule has 0 spiro atoms. The van der Waals surface area contributed by atoms with Crippen LogP contribution >= 0.6 is 0 Å². The van der Waals surface area contributed by atoms with E-state index in [0.717, 1.165) is 4.31 Å². The van der Waals surface area contributed by atoms with Crippen LogP contribution in [0, 0.1) is 6.92 Å². The second-order valence-corrected chi connectivity index (χ2v) is 5.45. The Labute approximate surface area is 101 Å². The average Bonchev–Trinajstić information content (AvgIpc) is 2.69. The van der Waals surface area contributed by atoms with E-state index in [-0.39, 0.29) is 19.7 Å². The van der Waals surface area contributed by atoms with Crippen molar-refractivity contribution in [3.63, 3.8) is 0 Å². The van der Waals surface area contributed by atoms with E-state index in [2.05, 4.69) is 9.71 Å². The highest BCUT2D eigenvalue weighted by Gasteiger charge is 2.17. The van der Waals surface area contributed by atoms with Gasteiger partial charge < -0.3 is 9.52 Å². The predicted octanol–water partition coefficient (Wildman–Crippen LogP) is -0.368. The summed E-state index contributed by atoms with van der Waals surface area (Å²) in [6.45, 7) is 1.97. The van der Waals surface area contributed by atoms with E-state index in [0.29, 0.717) is 18.1 Å². The fourth-order valence-electron chi connectivity index (χ4n) is 1.16. The van der Waals surface area contributed by atoms with Gasteiger partial charge in [0.15, 0.2) is 0 Å². The Morgan fingerprint density at radius 3 is 2.82 bits per heavy atom. The third-order valence-electron chi connectivity index (χ3n) is 2.12. The van der Waals surface area contributed by atoms with Crippen LogP contribution < -0.4 is 4.72 Å². The Hall–Kier alpha value is -0.960. The Balaban J connectivity index is 2.49. The third-order valence-corrected chi connectivity index (χ3v) is 3.63. The van der Waals surface area contributed by atoms with Gasteiger partial charge in [-0.15, -0.1) is 0 Å². The first-order chi connectivity index (χ1) is 7.95. The van der Waals surface area contributed by atoms with Gasteiger partial charge in [-0.1, -0.05) is 0 Å². The molecule has 0 unspecified atom stereocenters. The van der Waals surface area contributed by atoms with Crippen LogP contribution in [0.4, 0.5) is 0 Å². The monoisotopic (exact) mass is 263 g/mol. The van der Waals surface area contributed by atoms with Crippen LogP contribution in [0.1, 0.15) is 18.1 Å². The molecule has 0 amide bonds. The van der Waals surface area contributed by atoms with Gasteiger partial charge in [-0.2, -0.15) is 17.4 Å². The summed E-state index contributed by atoms with van der Waals surface area (Å²) >= 11 is 0. The van der Waals surface area contributed by atoms with Crippen molar-refractivity contribution in [2.24, 2.45) is 0 Å². The molecule has 0 atom stereocenters. The molecule has 0 aromatic carbocycles. The number of hydrogen-bond acceptors (Lipinski definition) is 5. The number of hydrogen-bond donors (Lipinski definition) is 2. The highest BCUT2D eigenvalue weighted by atomic mass is 32.2. The summed E-state index contributed by atoms with van der Waals surface area (Å²) in [5.74, 6) is 0.953. The van der Waals surface area contributed by atoms with Crippen molar-refractivity contribution < 1.29 is 17.9 Å². The van der Waals surface area contributed by atoms with Gasteiger partial charge in [0.1, 0.15) is 5.76 Å². The van der Waals surface area contributed by atoms with Crippen molar-refractivity contribution in [2.45, 2.75) is 19.9 Å². The number of aryl methyl sites for hydroxylation is 1. The second kappa shape index (κ2) is 6.10. The van der Waals surface area contributed by atoms with Crippen LogP contribution in [0.25, 0.3) is 0 Å². The molecule has 2 N–H and O–H groups in total. The number of aliphatic hydroxyl groups is 1. The zero-order valence-electron chi connectivity index (χ0n) is 9.88. The van der Waals surface area contributed by atoms with Crippen LogP contribution in [-0.2, 0) is 16.8 Å².